The van der Waals surface area contributed by atoms with Gasteiger partial charge in [0.05, 0.1) is 7.11 Å². The van der Waals surface area contributed by atoms with Crippen LogP contribution < -0.4 is 19.5 Å². The Bertz CT molecular complexity index is 1020. The third-order valence-corrected chi connectivity index (χ3v) is 5.21. The molecule has 0 fully saturated rings. The number of benzene rings is 3. The zero-order chi connectivity index (χ0) is 19.5. The van der Waals surface area contributed by atoms with Crippen molar-refractivity contribution >= 4 is 28.1 Å². The Labute approximate surface area is 169 Å². The molecule has 1 aliphatic rings. The van der Waals surface area contributed by atoms with E-state index >= 15 is 0 Å². The fraction of sp³-hybridized carbons (Fsp3) is 0.227. The molecule has 6 heteroatoms. The maximum Gasteiger partial charge on any atom is 0.231 e. The van der Waals surface area contributed by atoms with Gasteiger partial charge >= 0.3 is 0 Å². The van der Waals surface area contributed by atoms with E-state index in [0.29, 0.717) is 11.7 Å². The van der Waals surface area contributed by atoms with Crippen LogP contribution >= 0.6 is 12.2 Å². The highest BCUT2D eigenvalue weighted by Crippen LogP contribution is 2.32. The van der Waals surface area contributed by atoms with E-state index in [2.05, 4.69) is 29.6 Å². The number of fused-ring (bicyclic) bond motifs is 2. The molecule has 0 saturated carbocycles. The van der Waals surface area contributed by atoms with Gasteiger partial charge in [-0.05, 0) is 64.4 Å². The van der Waals surface area contributed by atoms with Crippen molar-refractivity contribution in [3.8, 4) is 17.2 Å². The monoisotopic (exact) mass is 394 g/mol. The summed E-state index contributed by atoms with van der Waals surface area (Å²) in [6.07, 6.45) is 0. The second-order valence-electron chi connectivity index (χ2n) is 6.75. The fourth-order valence-corrected chi connectivity index (χ4v) is 3.34. The van der Waals surface area contributed by atoms with Gasteiger partial charge < -0.3 is 24.4 Å². The lowest BCUT2D eigenvalue weighted by Gasteiger charge is -2.21. The molecule has 1 aliphatic heterocycles. The molecule has 0 aromatic heterocycles. The van der Waals surface area contributed by atoms with Crippen LogP contribution in [0.2, 0.25) is 0 Å². The van der Waals surface area contributed by atoms with Gasteiger partial charge in [-0.2, -0.15) is 0 Å². The van der Waals surface area contributed by atoms with E-state index in [0.717, 1.165) is 34.7 Å². The maximum absolute atomic E-state index is 5.55. The fourth-order valence-electron chi connectivity index (χ4n) is 3.21. The summed E-state index contributed by atoms with van der Waals surface area (Å²) in [5.74, 6) is 2.44. The average Bonchev–Trinajstić information content (AvgIpc) is 3.19. The molecule has 0 atom stereocenters. The molecule has 0 bridgehead atoms. The van der Waals surface area contributed by atoms with E-state index in [-0.39, 0.29) is 6.79 Å². The summed E-state index contributed by atoms with van der Waals surface area (Å²) < 4.78 is 16.1. The molecule has 0 amide bonds. The van der Waals surface area contributed by atoms with Gasteiger partial charge in [0.25, 0.3) is 0 Å². The first kappa shape index (κ1) is 18.4. The van der Waals surface area contributed by atoms with Crippen LogP contribution in [-0.2, 0) is 13.1 Å². The predicted molar refractivity (Wildman–Crippen MR) is 114 cm³/mol. The average molecular weight is 394 g/mol. The van der Waals surface area contributed by atoms with Crippen molar-refractivity contribution in [2.75, 3.05) is 21.0 Å². The van der Waals surface area contributed by atoms with Crippen LogP contribution in [0.4, 0.5) is 0 Å². The molecule has 0 unspecified atom stereocenters. The highest BCUT2D eigenvalue weighted by atomic mass is 32.1. The predicted octanol–water partition coefficient (Wildman–Crippen LogP) is 4.08. The molecular weight excluding hydrogens is 372 g/mol. The normalized spacial score (nSPS) is 12.1. The Morgan fingerprint density at radius 3 is 2.61 bits per heavy atom. The molecule has 1 N–H and O–H groups in total. The number of methoxy groups -OCH3 is 1. The number of thiocarbonyl (C=S) groups is 1. The summed E-state index contributed by atoms with van der Waals surface area (Å²) in [4.78, 5) is 2.03. The van der Waals surface area contributed by atoms with E-state index in [1.165, 1.54) is 10.9 Å². The molecule has 3 aromatic carbocycles. The first-order chi connectivity index (χ1) is 13.6. The van der Waals surface area contributed by atoms with Crippen molar-refractivity contribution in [1.29, 1.82) is 0 Å². The van der Waals surface area contributed by atoms with Gasteiger partial charge in [-0.25, -0.2) is 0 Å². The van der Waals surface area contributed by atoms with Crippen LogP contribution in [-0.4, -0.2) is 31.0 Å². The van der Waals surface area contributed by atoms with E-state index < -0.39 is 0 Å². The Kier molecular flexibility index (Phi) is 5.21. The molecule has 0 saturated heterocycles. The van der Waals surface area contributed by atoms with Crippen molar-refractivity contribution in [3.05, 3.63) is 65.7 Å². The van der Waals surface area contributed by atoms with E-state index in [1.807, 2.05) is 42.3 Å². The molecule has 5 nitrogen and oxygen atoms in total. The van der Waals surface area contributed by atoms with E-state index in [9.17, 15) is 0 Å². The first-order valence-electron chi connectivity index (χ1n) is 9.06. The smallest absolute Gasteiger partial charge is 0.231 e. The van der Waals surface area contributed by atoms with Gasteiger partial charge in [0.2, 0.25) is 6.79 Å². The molecule has 144 valence electrons. The van der Waals surface area contributed by atoms with Crippen LogP contribution in [0, 0.1) is 0 Å². The third kappa shape index (κ3) is 3.97. The summed E-state index contributed by atoms with van der Waals surface area (Å²) in [6.45, 7) is 1.65. The lowest BCUT2D eigenvalue weighted by molar-refractivity contribution is 0.174. The lowest BCUT2D eigenvalue weighted by atomic mass is 10.1. The van der Waals surface area contributed by atoms with Gasteiger partial charge in [-0.3, -0.25) is 0 Å². The van der Waals surface area contributed by atoms with E-state index in [4.69, 9.17) is 26.4 Å². The number of rotatable bonds is 5. The second kappa shape index (κ2) is 7.94. The summed E-state index contributed by atoms with van der Waals surface area (Å²) in [7, 11) is 3.68. The molecule has 0 aliphatic carbocycles. The van der Waals surface area contributed by atoms with Crippen molar-refractivity contribution in [2.24, 2.45) is 0 Å². The lowest BCUT2D eigenvalue weighted by Crippen LogP contribution is -2.36. The topological polar surface area (TPSA) is 43.0 Å². The van der Waals surface area contributed by atoms with Crippen LogP contribution in [0.25, 0.3) is 10.8 Å². The van der Waals surface area contributed by atoms with Crippen molar-refractivity contribution < 1.29 is 14.2 Å². The highest BCUT2D eigenvalue weighted by Gasteiger charge is 2.13. The maximum atomic E-state index is 5.55. The zero-order valence-corrected chi connectivity index (χ0v) is 16.7. The largest absolute Gasteiger partial charge is 0.497 e. The molecular formula is C22H22N2O3S. The molecule has 1 heterocycles. The van der Waals surface area contributed by atoms with Crippen LogP contribution in [0.15, 0.2) is 54.6 Å². The number of hydrogen-bond acceptors (Lipinski definition) is 4. The first-order valence-corrected chi connectivity index (χ1v) is 9.47. The quantitative estimate of drug-likeness (QED) is 0.658. The van der Waals surface area contributed by atoms with Crippen LogP contribution in [0.5, 0.6) is 17.2 Å². The standard InChI is InChI=1S/C22H22N2O3S/c1-24(13-16-3-5-18-11-19(25-2)7-6-17(18)9-16)22(28)23-12-15-4-8-20-21(10-15)27-14-26-20/h3-11H,12-14H2,1-2H3,(H,23,28). The molecule has 4 rings (SSSR count). The minimum absolute atomic E-state index is 0.284. The summed E-state index contributed by atoms with van der Waals surface area (Å²) in [5.41, 5.74) is 2.30. The number of nitrogens with one attached hydrogen (secondary N) is 1. The SMILES string of the molecule is COc1ccc2cc(CN(C)C(=S)NCc3ccc4c(c3)OCO4)ccc2c1. The molecule has 28 heavy (non-hydrogen) atoms. The van der Waals surface area contributed by atoms with Gasteiger partial charge in [-0.1, -0.05) is 24.3 Å². The van der Waals surface area contributed by atoms with Crippen LogP contribution in [0.1, 0.15) is 11.1 Å². The van der Waals surface area contributed by atoms with Crippen molar-refractivity contribution in [1.82, 2.24) is 10.2 Å². The Morgan fingerprint density at radius 2 is 1.75 bits per heavy atom. The number of nitrogens with zero attached hydrogens (tertiary/aromatic N) is 1. The summed E-state index contributed by atoms with van der Waals surface area (Å²) >= 11 is 5.55. The molecule has 0 spiro atoms. The minimum atomic E-state index is 0.284. The molecule has 0 radical (unpaired) electrons. The van der Waals surface area contributed by atoms with Gasteiger partial charge in [0, 0.05) is 20.1 Å². The second-order valence-corrected chi connectivity index (χ2v) is 7.14. The van der Waals surface area contributed by atoms with Crippen molar-refractivity contribution in [3.63, 3.8) is 0 Å². The van der Waals surface area contributed by atoms with Gasteiger partial charge in [0.1, 0.15) is 5.75 Å². The van der Waals surface area contributed by atoms with Gasteiger partial charge in [0.15, 0.2) is 16.6 Å². The van der Waals surface area contributed by atoms with Crippen molar-refractivity contribution in [2.45, 2.75) is 13.1 Å². The minimum Gasteiger partial charge on any atom is -0.497 e. The van der Waals surface area contributed by atoms with Gasteiger partial charge in [-0.15, -0.1) is 0 Å². The Hall–Kier alpha value is -2.99. The van der Waals surface area contributed by atoms with E-state index in [1.54, 1.807) is 7.11 Å². The number of ether oxygens (including phenoxy) is 3. The highest BCUT2D eigenvalue weighted by molar-refractivity contribution is 7.80. The third-order valence-electron chi connectivity index (χ3n) is 4.76. The zero-order valence-electron chi connectivity index (χ0n) is 15.9. The molecule has 3 aromatic rings. The summed E-state index contributed by atoms with van der Waals surface area (Å²) in [6, 6.07) is 18.4. The Morgan fingerprint density at radius 1 is 1.00 bits per heavy atom. The summed E-state index contributed by atoms with van der Waals surface area (Å²) in [5, 5.41) is 6.36. The number of hydrogen-bond donors (Lipinski definition) is 1. The Balaban J connectivity index is 1.36. The van der Waals surface area contributed by atoms with Crippen LogP contribution in [0.3, 0.4) is 0 Å².